The van der Waals surface area contributed by atoms with Crippen molar-refractivity contribution in [3.05, 3.63) is 40.7 Å². The molecule has 126 valence electrons. The van der Waals surface area contributed by atoms with Gasteiger partial charge in [-0.3, -0.25) is 0 Å². The molecule has 23 heavy (non-hydrogen) atoms. The van der Waals surface area contributed by atoms with Crippen LogP contribution < -0.4 is 10.0 Å². The Kier molecular flexibility index (Phi) is 5.69. The fourth-order valence-electron chi connectivity index (χ4n) is 1.73. The summed E-state index contributed by atoms with van der Waals surface area (Å²) in [5.74, 6) is 0. The molecule has 0 aliphatic carbocycles. The largest absolute Gasteiger partial charge is 0.384 e. The van der Waals surface area contributed by atoms with Gasteiger partial charge in [0.15, 0.2) is 9.84 Å². The van der Waals surface area contributed by atoms with Crippen LogP contribution in [0.3, 0.4) is 0 Å². The SMILES string of the molecule is CS(=O)(=O)c1ccc(NCCNS(=O)(=O)c2ccc(Cl)s2)cc1. The summed E-state index contributed by atoms with van der Waals surface area (Å²) in [6.45, 7) is 0.544. The van der Waals surface area contributed by atoms with Gasteiger partial charge in [0, 0.05) is 25.0 Å². The third kappa shape index (κ3) is 5.18. The van der Waals surface area contributed by atoms with Gasteiger partial charge < -0.3 is 5.32 Å². The highest BCUT2D eigenvalue weighted by atomic mass is 35.5. The van der Waals surface area contributed by atoms with Gasteiger partial charge in [0.1, 0.15) is 4.21 Å². The zero-order valence-electron chi connectivity index (χ0n) is 12.1. The van der Waals surface area contributed by atoms with Crippen LogP contribution in [0.1, 0.15) is 0 Å². The van der Waals surface area contributed by atoms with E-state index in [9.17, 15) is 16.8 Å². The van der Waals surface area contributed by atoms with Gasteiger partial charge in [-0.1, -0.05) is 11.6 Å². The Labute approximate surface area is 144 Å². The molecule has 1 aromatic carbocycles. The minimum absolute atomic E-state index is 0.167. The number of nitrogens with one attached hydrogen (secondary N) is 2. The molecule has 2 rings (SSSR count). The van der Waals surface area contributed by atoms with E-state index in [2.05, 4.69) is 10.0 Å². The molecule has 1 aromatic heterocycles. The van der Waals surface area contributed by atoms with Crippen LogP contribution in [-0.4, -0.2) is 36.2 Å². The van der Waals surface area contributed by atoms with Crippen LogP contribution in [0.5, 0.6) is 0 Å². The van der Waals surface area contributed by atoms with E-state index in [1.54, 1.807) is 12.1 Å². The summed E-state index contributed by atoms with van der Waals surface area (Å²) in [5, 5.41) is 3.01. The quantitative estimate of drug-likeness (QED) is 0.702. The second kappa shape index (κ2) is 7.18. The van der Waals surface area contributed by atoms with Gasteiger partial charge in [0.2, 0.25) is 10.0 Å². The van der Waals surface area contributed by atoms with E-state index in [1.165, 1.54) is 24.3 Å². The van der Waals surface area contributed by atoms with Gasteiger partial charge in [-0.25, -0.2) is 21.6 Å². The summed E-state index contributed by atoms with van der Waals surface area (Å²) >= 11 is 6.71. The maximum absolute atomic E-state index is 12.0. The summed E-state index contributed by atoms with van der Waals surface area (Å²) in [6.07, 6.45) is 1.14. The topological polar surface area (TPSA) is 92.3 Å². The molecule has 0 bridgehead atoms. The molecular weight excluding hydrogens is 380 g/mol. The Morgan fingerprint density at radius 1 is 1.00 bits per heavy atom. The highest BCUT2D eigenvalue weighted by Crippen LogP contribution is 2.25. The molecule has 2 aromatic rings. The summed E-state index contributed by atoms with van der Waals surface area (Å²) < 4.78 is 49.6. The van der Waals surface area contributed by atoms with E-state index in [0.717, 1.165) is 17.6 Å². The molecule has 0 fully saturated rings. The number of sulfone groups is 1. The van der Waals surface area contributed by atoms with Crippen molar-refractivity contribution in [2.45, 2.75) is 9.10 Å². The summed E-state index contributed by atoms with van der Waals surface area (Å²) in [7, 11) is -6.78. The summed E-state index contributed by atoms with van der Waals surface area (Å²) in [5.41, 5.74) is 0.704. The molecule has 0 saturated heterocycles. The second-order valence-electron chi connectivity index (χ2n) is 4.68. The van der Waals surface area contributed by atoms with Gasteiger partial charge in [-0.05, 0) is 36.4 Å². The average molecular weight is 395 g/mol. The van der Waals surface area contributed by atoms with Gasteiger partial charge in [-0.15, -0.1) is 11.3 Å². The molecule has 0 aliphatic rings. The number of hydrogen-bond donors (Lipinski definition) is 2. The van der Waals surface area contributed by atoms with Crippen LogP contribution >= 0.6 is 22.9 Å². The third-order valence-corrected chi connectivity index (χ3v) is 7.15. The lowest BCUT2D eigenvalue weighted by Gasteiger charge is -2.08. The molecule has 6 nitrogen and oxygen atoms in total. The Bertz CT molecular complexity index is 874. The lowest BCUT2D eigenvalue weighted by molar-refractivity contribution is 0.585. The van der Waals surface area contributed by atoms with Crippen molar-refractivity contribution in [1.29, 1.82) is 0 Å². The molecule has 0 saturated carbocycles. The molecule has 0 radical (unpaired) electrons. The molecule has 1 heterocycles. The van der Waals surface area contributed by atoms with Gasteiger partial charge in [0.05, 0.1) is 9.23 Å². The first-order valence-electron chi connectivity index (χ1n) is 6.47. The van der Waals surface area contributed by atoms with E-state index >= 15 is 0 Å². The minimum atomic E-state index is -3.56. The first-order valence-corrected chi connectivity index (χ1v) is 11.0. The molecule has 0 atom stereocenters. The highest BCUT2D eigenvalue weighted by molar-refractivity contribution is 7.91. The Morgan fingerprint density at radius 2 is 1.65 bits per heavy atom. The molecule has 0 spiro atoms. The van der Waals surface area contributed by atoms with Gasteiger partial charge >= 0.3 is 0 Å². The molecule has 0 aliphatic heterocycles. The molecular formula is C13H15ClN2O4S3. The number of thiophene rings is 1. The van der Waals surface area contributed by atoms with Crippen molar-refractivity contribution in [3.8, 4) is 0 Å². The predicted octanol–water partition coefficient (Wildman–Crippen LogP) is 2.20. The van der Waals surface area contributed by atoms with Crippen molar-refractivity contribution >= 4 is 48.5 Å². The third-order valence-electron chi connectivity index (χ3n) is 2.84. The standard InChI is InChI=1S/C13H15ClN2O4S3/c1-22(17,18)11-4-2-10(3-5-11)15-8-9-16-23(19,20)13-7-6-12(14)21-13/h2-7,15-16H,8-9H2,1H3. The molecule has 2 N–H and O–H groups in total. The average Bonchev–Trinajstić information content (AvgIpc) is 2.91. The zero-order chi connectivity index (χ0) is 17.1. The fraction of sp³-hybridized carbons (Fsp3) is 0.231. The molecule has 0 unspecified atom stereocenters. The predicted molar refractivity (Wildman–Crippen MR) is 92.6 cm³/mol. The van der Waals surface area contributed by atoms with Crippen LogP contribution in [0.4, 0.5) is 5.69 Å². The van der Waals surface area contributed by atoms with Crippen LogP contribution in [-0.2, 0) is 19.9 Å². The van der Waals surface area contributed by atoms with E-state index < -0.39 is 19.9 Å². The molecule has 0 amide bonds. The zero-order valence-corrected chi connectivity index (χ0v) is 15.3. The summed E-state index contributed by atoms with van der Waals surface area (Å²) in [4.78, 5) is 0.235. The Hall–Kier alpha value is -1.13. The second-order valence-corrected chi connectivity index (χ2v) is 10.4. The number of sulfonamides is 1. The van der Waals surface area contributed by atoms with E-state index in [1.807, 2.05) is 0 Å². The number of benzene rings is 1. The van der Waals surface area contributed by atoms with Crippen molar-refractivity contribution in [2.75, 3.05) is 24.7 Å². The first kappa shape index (κ1) is 18.2. The van der Waals surface area contributed by atoms with Crippen LogP contribution in [0.25, 0.3) is 0 Å². The fourth-order valence-corrected chi connectivity index (χ4v) is 4.92. The lowest BCUT2D eigenvalue weighted by atomic mass is 10.3. The van der Waals surface area contributed by atoms with E-state index in [0.29, 0.717) is 16.6 Å². The van der Waals surface area contributed by atoms with Crippen molar-refractivity contribution < 1.29 is 16.8 Å². The van der Waals surface area contributed by atoms with Crippen molar-refractivity contribution in [2.24, 2.45) is 0 Å². The maximum Gasteiger partial charge on any atom is 0.250 e. The van der Waals surface area contributed by atoms with E-state index in [-0.39, 0.29) is 15.6 Å². The van der Waals surface area contributed by atoms with Crippen molar-refractivity contribution in [1.82, 2.24) is 4.72 Å². The highest BCUT2D eigenvalue weighted by Gasteiger charge is 2.15. The monoisotopic (exact) mass is 394 g/mol. The van der Waals surface area contributed by atoms with Gasteiger partial charge in [-0.2, -0.15) is 0 Å². The number of halogens is 1. The first-order chi connectivity index (χ1) is 10.7. The van der Waals surface area contributed by atoms with Crippen LogP contribution in [0, 0.1) is 0 Å². The number of anilines is 1. The van der Waals surface area contributed by atoms with Crippen LogP contribution in [0.15, 0.2) is 45.5 Å². The maximum atomic E-state index is 12.0. The smallest absolute Gasteiger partial charge is 0.250 e. The van der Waals surface area contributed by atoms with Crippen molar-refractivity contribution in [3.63, 3.8) is 0 Å². The molecule has 10 heteroatoms. The van der Waals surface area contributed by atoms with E-state index in [4.69, 9.17) is 11.6 Å². The van der Waals surface area contributed by atoms with Crippen LogP contribution in [0.2, 0.25) is 4.34 Å². The minimum Gasteiger partial charge on any atom is -0.384 e. The number of rotatable bonds is 7. The summed E-state index contributed by atoms with van der Waals surface area (Å²) in [6, 6.07) is 9.23. The Balaban J connectivity index is 1.86. The number of hydrogen-bond acceptors (Lipinski definition) is 6. The normalized spacial score (nSPS) is 12.3. The lowest BCUT2D eigenvalue weighted by Crippen LogP contribution is -2.28. The Morgan fingerprint density at radius 3 is 2.17 bits per heavy atom. The van der Waals surface area contributed by atoms with Gasteiger partial charge in [0.25, 0.3) is 0 Å².